The van der Waals surface area contributed by atoms with Crippen LogP contribution in [0.25, 0.3) is 0 Å². The van der Waals surface area contributed by atoms with Crippen LogP contribution >= 0.6 is 0 Å². The Bertz CT molecular complexity index is 870. The van der Waals surface area contributed by atoms with Crippen molar-refractivity contribution in [3.8, 4) is 0 Å². The van der Waals surface area contributed by atoms with E-state index in [0.717, 1.165) is 30.8 Å². The highest BCUT2D eigenvalue weighted by molar-refractivity contribution is 5.99. The number of nitrogens with zero attached hydrogens (tertiary/aromatic N) is 2. The van der Waals surface area contributed by atoms with Gasteiger partial charge in [-0.25, -0.2) is 0 Å². The SMILES string of the molecule is O=C(NCc1ccc(CN2CCCCCC2)cc1)c1cccc(N2CCCC2=O)c1. The number of nitrogens with one attached hydrogen (secondary N) is 1. The Morgan fingerprint density at radius 2 is 1.60 bits per heavy atom. The summed E-state index contributed by atoms with van der Waals surface area (Å²) in [6, 6.07) is 15.9. The maximum Gasteiger partial charge on any atom is 0.251 e. The molecule has 0 bridgehead atoms. The third-order valence-corrected chi connectivity index (χ3v) is 6.07. The number of hydrogen-bond donors (Lipinski definition) is 1. The lowest BCUT2D eigenvalue weighted by molar-refractivity contribution is -0.117. The molecule has 30 heavy (non-hydrogen) atoms. The van der Waals surface area contributed by atoms with Crippen LogP contribution in [0.5, 0.6) is 0 Å². The van der Waals surface area contributed by atoms with Gasteiger partial charge >= 0.3 is 0 Å². The Balaban J connectivity index is 1.31. The van der Waals surface area contributed by atoms with Gasteiger partial charge in [0.1, 0.15) is 0 Å². The number of carbonyl (C=O) groups is 2. The Kier molecular flexibility index (Phi) is 6.80. The molecule has 5 nitrogen and oxygen atoms in total. The minimum Gasteiger partial charge on any atom is -0.348 e. The number of likely N-dealkylation sites (tertiary alicyclic amines) is 1. The van der Waals surface area contributed by atoms with Crippen LogP contribution in [-0.4, -0.2) is 36.3 Å². The van der Waals surface area contributed by atoms with E-state index in [1.54, 1.807) is 11.0 Å². The van der Waals surface area contributed by atoms with Gasteiger partial charge in [0, 0.05) is 37.3 Å². The molecule has 2 heterocycles. The highest BCUT2D eigenvalue weighted by Crippen LogP contribution is 2.22. The molecule has 2 aromatic carbocycles. The zero-order chi connectivity index (χ0) is 20.8. The number of rotatable bonds is 6. The van der Waals surface area contributed by atoms with Crippen molar-refractivity contribution in [2.75, 3.05) is 24.5 Å². The summed E-state index contributed by atoms with van der Waals surface area (Å²) in [6.07, 6.45) is 6.78. The molecule has 1 N–H and O–H groups in total. The molecule has 0 radical (unpaired) electrons. The first-order chi connectivity index (χ1) is 14.7. The van der Waals surface area contributed by atoms with Crippen LogP contribution in [0.15, 0.2) is 48.5 Å². The lowest BCUT2D eigenvalue weighted by Crippen LogP contribution is -2.26. The van der Waals surface area contributed by atoms with Gasteiger partial charge in [0.15, 0.2) is 0 Å². The number of benzene rings is 2. The van der Waals surface area contributed by atoms with Crippen molar-refractivity contribution >= 4 is 17.5 Å². The summed E-state index contributed by atoms with van der Waals surface area (Å²) in [7, 11) is 0. The van der Waals surface area contributed by atoms with E-state index < -0.39 is 0 Å². The van der Waals surface area contributed by atoms with Crippen molar-refractivity contribution in [3.63, 3.8) is 0 Å². The molecule has 0 aromatic heterocycles. The Morgan fingerprint density at radius 3 is 2.30 bits per heavy atom. The van der Waals surface area contributed by atoms with Gasteiger partial charge in [-0.15, -0.1) is 0 Å². The molecule has 4 rings (SSSR count). The summed E-state index contributed by atoms with van der Waals surface area (Å²) in [5.74, 6) is 0.0185. The average molecular weight is 406 g/mol. The van der Waals surface area contributed by atoms with Crippen LogP contribution in [0.4, 0.5) is 5.69 Å². The first-order valence-corrected chi connectivity index (χ1v) is 11.2. The Morgan fingerprint density at radius 1 is 0.867 bits per heavy atom. The highest BCUT2D eigenvalue weighted by atomic mass is 16.2. The quantitative estimate of drug-likeness (QED) is 0.787. The van der Waals surface area contributed by atoms with Crippen molar-refractivity contribution in [2.24, 2.45) is 0 Å². The van der Waals surface area contributed by atoms with Crippen molar-refractivity contribution in [3.05, 3.63) is 65.2 Å². The van der Waals surface area contributed by atoms with Gasteiger partial charge in [0.05, 0.1) is 0 Å². The van der Waals surface area contributed by atoms with Gasteiger partial charge in [0.2, 0.25) is 5.91 Å². The molecular formula is C25H31N3O2. The summed E-state index contributed by atoms with van der Waals surface area (Å²) in [5.41, 5.74) is 3.82. The van der Waals surface area contributed by atoms with Crippen molar-refractivity contribution in [2.45, 2.75) is 51.6 Å². The summed E-state index contributed by atoms with van der Waals surface area (Å²) in [4.78, 5) is 28.9. The fourth-order valence-electron chi connectivity index (χ4n) is 4.34. The second-order valence-corrected chi connectivity index (χ2v) is 8.39. The predicted octanol–water partition coefficient (Wildman–Crippen LogP) is 4.12. The Labute approximate surface area is 179 Å². The molecule has 0 aliphatic carbocycles. The number of anilines is 1. The van der Waals surface area contributed by atoms with Crippen LogP contribution in [0, 0.1) is 0 Å². The van der Waals surface area contributed by atoms with Crippen molar-refractivity contribution in [1.29, 1.82) is 0 Å². The zero-order valence-corrected chi connectivity index (χ0v) is 17.6. The first-order valence-electron chi connectivity index (χ1n) is 11.2. The zero-order valence-electron chi connectivity index (χ0n) is 17.6. The largest absolute Gasteiger partial charge is 0.348 e. The minimum absolute atomic E-state index is 0.114. The van der Waals surface area contributed by atoms with Crippen molar-refractivity contribution in [1.82, 2.24) is 10.2 Å². The van der Waals surface area contributed by atoms with E-state index in [1.807, 2.05) is 18.2 Å². The first kappa shape index (κ1) is 20.6. The number of hydrogen-bond acceptors (Lipinski definition) is 3. The number of amides is 2. The molecule has 0 spiro atoms. The summed E-state index contributed by atoms with van der Waals surface area (Å²) >= 11 is 0. The van der Waals surface area contributed by atoms with Crippen LogP contribution < -0.4 is 10.2 Å². The molecule has 2 amide bonds. The standard InChI is InChI=1S/C25H31N3O2/c29-24-9-6-16-28(24)23-8-5-7-22(17-23)25(30)26-18-20-10-12-21(13-11-20)19-27-14-3-1-2-4-15-27/h5,7-8,10-13,17H,1-4,6,9,14-16,18-19H2,(H,26,30). The molecule has 158 valence electrons. The smallest absolute Gasteiger partial charge is 0.251 e. The highest BCUT2D eigenvalue weighted by Gasteiger charge is 2.22. The maximum atomic E-state index is 12.6. The third kappa shape index (κ3) is 5.28. The average Bonchev–Trinajstić information content (AvgIpc) is 3.04. The molecule has 2 fully saturated rings. The van der Waals surface area contributed by atoms with E-state index >= 15 is 0 Å². The molecule has 2 saturated heterocycles. The fraction of sp³-hybridized carbons (Fsp3) is 0.440. The third-order valence-electron chi connectivity index (χ3n) is 6.07. The summed E-state index contributed by atoms with van der Waals surface area (Å²) in [5, 5.41) is 3.00. The molecular weight excluding hydrogens is 374 g/mol. The lowest BCUT2D eigenvalue weighted by Gasteiger charge is -2.19. The monoisotopic (exact) mass is 405 g/mol. The maximum absolute atomic E-state index is 12.6. The molecule has 0 saturated carbocycles. The molecule has 2 aliphatic heterocycles. The summed E-state index contributed by atoms with van der Waals surface area (Å²) < 4.78 is 0. The molecule has 0 atom stereocenters. The molecule has 2 aliphatic rings. The minimum atomic E-state index is -0.114. The van der Waals surface area contributed by atoms with E-state index in [1.165, 1.54) is 44.3 Å². The van der Waals surface area contributed by atoms with E-state index in [4.69, 9.17) is 0 Å². The van der Waals surface area contributed by atoms with Gasteiger partial charge in [-0.05, 0) is 61.7 Å². The van der Waals surface area contributed by atoms with Gasteiger partial charge in [-0.2, -0.15) is 0 Å². The molecule has 5 heteroatoms. The topological polar surface area (TPSA) is 52.7 Å². The lowest BCUT2D eigenvalue weighted by atomic mass is 10.1. The van der Waals surface area contributed by atoms with E-state index in [0.29, 0.717) is 18.5 Å². The normalized spacial score (nSPS) is 17.7. The van der Waals surface area contributed by atoms with Crippen molar-refractivity contribution < 1.29 is 9.59 Å². The molecule has 2 aromatic rings. The van der Waals surface area contributed by atoms with Crippen LogP contribution in [0.2, 0.25) is 0 Å². The van der Waals surface area contributed by atoms with Gasteiger partial charge < -0.3 is 10.2 Å². The fourth-order valence-corrected chi connectivity index (χ4v) is 4.34. The Hall–Kier alpha value is -2.66. The number of carbonyl (C=O) groups excluding carboxylic acids is 2. The van der Waals surface area contributed by atoms with E-state index in [-0.39, 0.29) is 11.8 Å². The van der Waals surface area contributed by atoms with Gasteiger partial charge in [0.25, 0.3) is 5.91 Å². The van der Waals surface area contributed by atoms with Gasteiger partial charge in [-0.1, -0.05) is 43.2 Å². The van der Waals surface area contributed by atoms with Crippen LogP contribution in [0.1, 0.15) is 60.0 Å². The van der Waals surface area contributed by atoms with E-state index in [9.17, 15) is 9.59 Å². The second-order valence-electron chi connectivity index (χ2n) is 8.39. The second kappa shape index (κ2) is 9.90. The predicted molar refractivity (Wildman–Crippen MR) is 119 cm³/mol. The van der Waals surface area contributed by atoms with Crippen LogP contribution in [-0.2, 0) is 17.9 Å². The van der Waals surface area contributed by atoms with E-state index in [2.05, 4.69) is 34.5 Å². The summed E-state index contributed by atoms with van der Waals surface area (Å²) in [6.45, 7) is 4.62. The van der Waals surface area contributed by atoms with Gasteiger partial charge in [-0.3, -0.25) is 14.5 Å². The molecule has 0 unspecified atom stereocenters. The van der Waals surface area contributed by atoms with Crippen LogP contribution in [0.3, 0.4) is 0 Å².